The molecule has 1 aromatic carbocycles. The summed E-state index contributed by atoms with van der Waals surface area (Å²) in [4.78, 5) is 26.2. The number of piperidine rings is 1. The highest BCUT2D eigenvalue weighted by atomic mass is 32.2. The van der Waals surface area contributed by atoms with Gasteiger partial charge in [-0.05, 0) is 25.0 Å². The lowest BCUT2D eigenvalue weighted by Gasteiger charge is -2.27. The van der Waals surface area contributed by atoms with Crippen molar-refractivity contribution in [2.45, 2.75) is 24.2 Å². The van der Waals surface area contributed by atoms with Gasteiger partial charge in [0.2, 0.25) is 10.0 Å². The summed E-state index contributed by atoms with van der Waals surface area (Å²) < 4.78 is 32.5. The van der Waals surface area contributed by atoms with Crippen LogP contribution in [0.2, 0.25) is 0 Å². The summed E-state index contributed by atoms with van der Waals surface area (Å²) in [5, 5.41) is 12.0. The van der Waals surface area contributed by atoms with Crippen LogP contribution >= 0.6 is 0 Å². The Morgan fingerprint density at radius 1 is 1.21 bits per heavy atom. The first kappa shape index (κ1) is 21.3. The Hall–Kier alpha value is -2.43. The minimum Gasteiger partial charge on any atom is -0.466 e. The van der Waals surface area contributed by atoms with Crippen LogP contribution in [-0.2, 0) is 24.3 Å². The van der Waals surface area contributed by atoms with Gasteiger partial charge in [0.15, 0.2) is 0 Å². The molecule has 0 aliphatic carbocycles. The predicted molar refractivity (Wildman–Crippen MR) is 105 cm³/mol. The first-order valence-electron chi connectivity index (χ1n) is 9.48. The van der Waals surface area contributed by atoms with Crippen molar-refractivity contribution in [3.05, 3.63) is 35.5 Å². The number of nitrogens with zero attached hydrogens (tertiary/aromatic N) is 2. The molecule has 0 bridgehead atoms. The van der Waals surface area contributed by atoms with Gasteiger partial charge in [-0.1, -0.05) is 18.6 Å². The van der Waals surface area contributed by atoms with Crippen molar-refractivity contribution in [3.63, 3.8) is 0 Å². The number of carbonyl (C=O) groups excluding carboxylic acids is 2. The van der Waals surface area contributed by atoms with Crippen LogP contribution in [0.5, 0.6) is 0 Å². The zero-order valence-corrected chi connectivity index (χ0v) is 17.1. The second-order valence-corrected chi connectivity index (χ2v) is 8.79. The molecule has 0 saturated carbocycles. The Labute approximate surface area is 170 Å². The lowest BCUT2D eigenvalue weighted by Crippen LogP contribution is -2.36. The molecule has 2 aliphatic heterocycles. The normalized spacial score (nSPS) is 18.3. The number of para-hydroxylation sites is 1. The number of esters is 1. The highest BCUT2D eigenvalue weighted by Crippen LogP contribution is 2.30. The highest BCUT2D eigenvalue weighted by molar-refractivity contribution is 7.89. The van der Waals surface area contributed by atoms with Crippen molar-refractivity contribution >= 4 is 27.6 Å². The Morgan fingerprint density at radius 2 is 1.90 bits per heavy atom. The van der Waals surface area contributed by atoms with E-state index in [2.05, 4.69) is 5.32 Å². The molecule has 158 valence electrons. The maximum absolute atomic E-state index is 13.2. The molecule has 29 heavy (non-hydrogen) atoms. The van der Waals surface area contributed by atoms with E-state index in [0.717, 1.165) is 19.3 Å². The van der Waals surface area contributed by atoms with Crippen LogP contribution in [0.15, 0.2) is 40.4 Å². The van der Waals surface area contributed by atoms with E-state index in [0.29, 0.717) is 13.1 Å². The fraction of sp³-hybridized carbons (Fsp3) is 0.474. The van der Waals surface area contributed by atoms with Crippen LogP contribution in [0.1, 0.15) is 19.3 Å². The van der Waals surface area contributed by atoms with Crippen molar-refractivity contribution in [3.8, 4) is 0 Å². The third-order valence-electron chi connectivity index (χ3n) is 5.03. The van der Waals surface area contributed by atoms with E-state index in [9.17, 15) is 18.0 Å². The molecule has 10 heteroatoms. The number of β-amino-alcohol motifs (C(OH)–C–C–N with tert-alkyl or cyclic N) is 1. The van der Waals surface area contributed by atoms with Gasteiger partial charge in [-0.3, -0.25) is 4.79 Å². The first-order chi connectivity index (χ1) is 13.9. The zero-order chi connectivity index (χ0) is 21.0. The SMILES string of the molecule is COC(=O)C1=C(Nc2ccccc2S(=O)(=O)N2CCCCC2)C(=O)N(CCO)C1. The molecule has 1 amide bonds. The predicted octanol–water partition coefficient (Wildman–Crippen LogP) is 0.535. The number of sulfonamides is 1. The molecule has 9 nitrogen and oxygen atoms in total. The molecule has 0 atom stereocenters. The molecule has 0 unspecified atom stereocenters. The number of benzene rings is 1. The Bertz CT molecular complexity index is 922. The van der Waals surface area contributed by atoms with Gasteiger partial charge in [-0.15, -0.1) is 0 Å². The smallest absolute Gasteiger partial charge is 0.337 e. The van der Waals surface area contributed by atoms with Crippen LogP contribution in [0.4, 0.5) is 5.69 Å². The molecule has 0 aromatic heterocycles. The second kappa shape index (κ2) is 8.93. The van der Waals surface area contributed by atoms with Gasteiger partial charge in [-0.25, -0.2) is 13.2 Å². The molecule has 1 fully saturated rings. The molecule has 2 N–H and O–H groups in total. The molecular formula is C19H25N3O6S. The Balaban J connectivity index is 1.97. The van der Waals surface area contributed by atoms with E-state index in [1.54, 1.807) is 18.2 Å². The van der Waals surface area contributed by atoms with Crippen molar-refractivity contribution in [2.24, 2.45) is 0 Å². The summed E-state index contributed by atoms with van der Waals surface area (Å²) in [6.07, 6.45) is 2.61. The van der Waals surface area contributed by atoms with Crippen molar-refractivity contribution in [2.75, 3.05) is 45.2 Å². The quantitative estimate of drug-likeness (QED) is 0.615. The molecule has 0 spiro atoms. The van der Waals surface area contributed by atoms with Gasteiger partial charge in [0.1, 0.15) is 10.6 Å². The maximum atomic E-state index is 13.2. The fourth-order valence-electron chi connectivity index (χ4n) is 3.52. The number of methoxy groups -OCH3 is 1. The highest BCUT2D eigenvalue weighted by Gasteiger charge is 2.36. The van der Waals surface area contributed by atoms with E-state index in [4.69, 9.17) is 9.84 Å². The van der Waals surface area contributed by atoms with E-state index in [1.807, 2.05) is 0 Å². The first-order valence-corrected chi connectivity index (χ1v) is 10.9. The van der Waals surface area contributed by atoms with Gasteiger partial charge in [-0.2, -0.15) is 4.31 Å². The van der Waals surface area contributed by atoms with Crippen LogP contribution in [-0.4, -0.2) is 74.5 Å². The number of hydrogen-bond donors (Lipinski definition) is 2. The molecule has 3 rings (SSSR count). The third-order valence-corrected chi connectivity index (χ3v) is 6.99. The van der Waals surface area contributed by atoms with Crippen molar-refractivity contribution < 1.29 is 27.9 Å². The van der Waals surface area contributed by atoms with Crippen LogP contribution in [0, 0.1) is 0 Å². The van der Waals surface area contributed by atoms with Crippen molar-refractivity contribution in [1.29, 1.82) is 0 Å². The molecule has 1 saturated heterocycles. The second-order valence-electron chi connectivity index (χ2n) is 6.88. The van der Waals surface area contributed by atoms with Gasteiger partial charge >= 0.3 is 5.97 Å². The number of rotatable bonds is 7. The molecule has 2 aliphatic rings. The molecular weight excluding hydrogens is 398 g/mol. The number of hydrogen-bond acceptors (Lipinski definition) is 7. The van der Waals surface area contributed by atoms with E-state index in [-0.39, 0.29) is 41.5 Å². The van der Waals surface area contributed by atoms with Crippen molar-refractivity contribution in [1.82, 2.24) is 9.21 Å². The topological polar surface area (TPSA) is 116 Å². The summed E-state index contributed by atoms with van der Waals surface area (Å²) in [6, 6.07) is 6.31. The summed E-state index contributed by atoms with van der Waals surface area (Å²) in [5.74, 6) is -1.18. The summed E-state index contributed by atoms with van der Waals surface area (Å²) in [5.41, 5.74) is 0.274. The number of aliphatic hydroxyl groups excluding tert-OH is 1. The summed E-state index contributed by atoms with van der Waals surface area (Å²) in [7, 11) is -2.54. The van der Waals surface area contributed by atoms with Gasteiger partial charge in [0.25, 0.3) is 5.91 Å². The summed E-state index contributed by atoms with van der Waals surface area (Å²) >= 11 is 0. The number of ether oxygens (including phenoxy) is 1. The standard InChI is InChI=1S/C19H25N3O6S/c1-28-19(25)14-13-21(11-12-23)18(24)17(14)20-15-7-3-4-8-16(15)29(26,27)22-9-5-2-6-10-22/h3-4,7-8,20,23H,2,5-6,9-13H2,1H3. The average Bonchev–Trinajstić information content (AvgIpc) is 3.04. The van der Waals surface area contributed by atoms with Crippen LogP contribution in [0.25, 0.3) is 0 Å². The number of carbonyl (C=O) groups is 2. The van der Waals surface area contributed by atoms with Crippen LogP contribution in [0.3, 0.4) is 0 Å². The lowest BCUT2D eigenvalue weighted by molar-refractivity contribution is -0.136. The monoisotopic (exact) mass is 423 g/mol. The summed E-state index contributed by atoms with van der Waals surface area (Å²) in [6.45, 7) is 0.688. The van der Waals surface area contributed by atoms with Crippen LogP contribution < -0.4 is 5.32 Å². The molecule has 1 aromatic rings. The average molecular weight is 423 g/mol. The number of anilines is 1. The van der Waals surface area contributed by atoms with Gasteiger partial charge in [0.05, 0.1) is 31.5 Å². The Kier molecular flexibility index (Phi) is 6.56. The molecule has 0 radical (unpaired) electrons. The van der Waals surface area contributed by atoms with Gasteiger partial charge in [0, 0.05) is 19.6 Å². The minimum absolute atomic E-state index is 0.0184. The number of amides is 1. The van der Waals surface area contributed by atoms with E-state index < -0.39 is 21.9 Å². The maximum Gasteiger partial charge on any atom is 0.337 e. The number of aliphatic hydroxyl groups is 1. The fourth-order valence-corrected chi connectivity index (χ4v) is 5.19. The van der Waals surface area contributed by atoms with E-state index >= 15 is 0 Å². The lowest BCUT2D eigenvalue weighted by atomic mass is 10.2. The molecule has 2 heterocycles. The minimum atomic E-state index is -3.75. The number of nitrogens with one attached hydrogen (secondary N) is 1. The Morgan fingerprint density at radius 3 is 2.55 bits per heavy atom. The largest absolute Gasteiger partial charge is 0.466 e. The van der Waals surface area contributed by atoms with Gasteiger partial charge < -0.3 is 20.1 Å². The third kappa shape index (κ3) is 4.29. The zero-order valence-electron chi connectivity index (χ0n) is 16.3. The van der Waals surface area contributed by atoms with E-state index in [1.165, 1.54) is 22.4 Å².